The van der Waals surface area contributed by atoms with E-state index in [9.17, 15) is 4.79 Å². The number of hydrogen-bond donors (Lipinski definition) is 2. The topological polar surface area (TPSA) is 50.4 Å². The van der Waals surface area contributed by atoms with Crippen LogP contribution in [0.15, 0.2) is 30.3 Å². The fourth-order valence-corrected chi connectivity index (χ4v) is 1.57. The Bertz CT molecular complexity index is 371. The van der Waals surface area contributed by atoms with Crippen molar-refractivity contribution in [3.05, 3.63) is 30.3 Å². The lowest BCUT2D eigenvalue weighted by molar-refractivity contribution is -0.122. The van der Waals surface area contributed by atoms with E-state index in [4.69, 9.17) is 4.74 Å². The van der Waals surface area contributed by atoms with Crippen LogP contribution >= 0.6 is 0 Å². The zero-order valence-electron chi connectivity index (χ0n) is 12.0. The van der Waals surface area contributed by atoms with Crippen LogP contribution in [0.3, 0.4) is 0 Å². The fraction of sp³-hybridized carbons (Fsp3) is 0.533. The third kappa shape index (κ3) is 8.21. The fourth-order valence-electron chi connectivity index (χ4n) is 1.57. The number of rotatable bonds is 7. The van der Waals surface area contributed by atoms with Crippen molar-refractivity contribution in [1.29, 1.82) is 0 Å². The average Bonchev–Trinajstić information content (AvgIpc) is 2.32. The summed E-state index contributed by atoms with van der Waals surface area (Å²) < 4.78 is 5.53. The normalized spacial score (nSPS) is 11.1. The molecule has 0 atom stereocenters. The van der Waals surface area contributed by atoms with Crippen LogP contribution in [0.2, 0.25) is 0 Å². The third-order valence-electron chi connectivity index (χ3n) is 2.33. The van der Waals surface area contributed by atoms with Crippen LogP contribution in [0.5, 0.6) is 5.75 Å². The summed E-state index contributed by atoms with van der Waals surface area (Å²) in [4.78, 5) is 11.5. The van der Waals surface area contributed by atoms with Gasteiger partial charge >= 0.3 is 0 Å². The second-order valence-corrected chi connectivity index (χ2v) is 5.46. The molecule has 0 bridgehead atoms. The first-order valence-electron chi connectivity index (χ1n) is 6.67. The highest BCUT2D eigenvalue weighted by atomic mass is 16.5. The van der Waals surface area contributed by atoms with Gasteiger partial charge in [-0.2, -0.15) is 0 Å². The summed E-state index contributed by atoms with van der Waals surface area (Å²) in [6.45, 7) is 7.94. The molecule has 106 valence electrons. The Hall–Kier alpha value is -1.55. The van der Waals surface area contributed by atoms with Crippen LogP contribution in [0, 0.1) is 0 Å². The van der Waals surface area contributed by atoms with E-state index in [2.05, 4.69) is 10.6 Å². The second kappa shape index (κ2) is 7.79. The van der Waals surface area contributed by atoms with E-state index in [-0.39, 0.29) is 11.4 Å². The SMILES string of the molecule is CC(C)(C)NC(=O)CCNCCOc1ccccc1. The molecule has 0 unspecified atom stereocenters. The van der Waals surface area contributed by atoms with Gasteiger partial charge < -0.3 is 15.4 Å². The smallest absolute Gasteiger partial charge is 0.221 e. The van der Waals surface area contributed by atoms with E-state index in [0.29, 0.717) is 19.6 Å². The molecule has 0 fully saturated rings. The van der Waals surface area contributed by atoms with E-state index < -0.39 is 0 Å². The molecule has 1 rings (SSSR count). The zero-order chi connectivity index (χ0) is 14.1. The maximum absolute atomic E-state index is 11.5. The minimum absolute atomic E-state index is 0.0731. The quantitative estimate of drug-likeness (QED) is 0.740. The van der Waals surface area contributed by atoms with Gasteiger partial charge in [-0.3, -0.25) is 4.79 Å². The number of hydrogen-bond acceptors (Lipinski definition) is 3. The molecular weight excluding hydrogens is 240 g/mol. The maximum Gasteiger partial charge on any atom is 0.221 e. The van der Waals surface area contributed by atoms with E-state index in [1.165, 1.54) is 0 Å². The lowest BCUT2D eigenvalue weighted by atomic mass is 10.1. The number of carbonyl (C=O) groups is 1. The highest BCUT2D eigenvalue weighted by Crippen LogP contribution is 2.07. The van der Waals surface area contributed by atoms with Gasteiger partial charge in [0.25, 0.3) is 0 Å². The molecule has 0 saturated carbocycles. The molecule has 0 aliphatic carbocycles. The number of para-hydroxylation sites is 1. The van der Waals surface area contributed by atoms with Crippen molar-refractivity contribution in [2.75, 3.05) is 19.7 Å². The first-order valence-corrected chi connectivity index (χ1v) is 6.67. The van der Waals surface area contributed by atoms with Crippen LogP contribution in [0.25, 0.3) is 0 Å². The monoisotopic (exact) mass is 264 g/mol. The molecule has 0 heterocycles. The van der Waals surface area contributed by atoms with E-state index >= 15 is 0 Å². The minimum Gasteiger partial charge on any atom is -0.492 e. The molecule has 0 saturated heterocycles. The van der Waals surface area contributed by atoms with Gasteiger partial charge in [0, 0.05) is 25.0 Å². The summed E-state index contributed by atoms with van der Waals surface area (Å²) in [5, 5.41) is 6.11. The summed E-state index contributed by atoms with van der Waals surface area (Å²) in [5.41, 5.74) is -0.159. The Morgan fingerprint density at radius 2 is 1.84 bits per heavy atom. The molecule has 0 aliphatic rings. The minimum atomic E-state index is -0.159. The van der Waals surface area contributed by atoms with Gasteiger partial charge in [-0.25, -0.2) is 0 Å². The third-order valence-corrected chi connectivity index (χ3v) is 2.33. The lowest BCUT2D eigenvalue weighted by Crippen LogP contribution is -2.41. The van der Waals surface area contributed by atoms with Gasteiger partial charge in [0.1, 0.15) is 12.4 Å². The van der Waals surface area contributed by atoms with Crippen molar-refractivity contribution in [3.63, 3.8) is 0 Å². The molecule has 0 spiro atoms. The number of carbonyl (C=O) groups excluding carboxylic acids is 1. The van der Waals surface area contributed by atoms with Crippen LogP contribution in [-0.4, -0.2) is 31.1 Å². The summed E-state index contributed by atoms with van der Waals surface area (Å²) in [5.74, 6) is 0.943. The Balaban J connectivity index is 2.01. The molecule has 1 aromatic rings. The van der Waals surface area contributed by atoms with Gasteiger partial charge in [-0.15, -0.1) is 0 Å². The highest BCUT2D eigenvalue weighted by molar-refractivity contribution is 5.76. The Kier molecular flexibility index (Phi) is 6.36. The number of nitrogens with one attached hydrogen (secondary N) is 2. The molecule has 0 aliphatic heterocycles. The molecule has 1 aromatic carbocycles. The van der Waals surface area contributed by atoms with E-state index in [1.807, 2.05) is 51.1 Å². The van der Waals surface area contributed by atoms with Crippen LogP contribution in [0.4, 0.5) is 0 Å². The Morgan fingerprint density at radius 1 is 1.16 bits per heavy atom. The molecule has 0 aromatic heterocycles. The van der Waals surface area contributed by atoms with Crippen molar-refractivity contribution in [2.24, 2.45) is 0 Å². The molecule has 1 amide bonds. The summed E-state index contributed by atoms with van der Waals surface area (Å²) >= 11 is 0. The van der Waals surface area contributed by atoms with E-state index in [0.717, 1.165) is 12.3 Å². The van der Waals surface area contributed by atoms with Crippen molar-refractivity contribution in [3.8, 4) is 5.75 Å². The predicted molar refractivity (Wildman–Crippen MR) is 77.3 cm³/mol. The maximum atomic E-state index is 11.5. The highest BCUT2D eigenvalue weighted by Gasteiger charge is 2.12. The first-order chi connectivity index (χ1) is 8.97. The number of ether oxygens (including phenoxy) is 1. The van der Waals surface area contributed by atoms with Crippen LogP contribution < -0.4 is 15.4 Å². The number of amides is 1. The Labute approximate surface area is 115 Å². The molecule has 4 nitrogen and oxygen atoms in total. The molecule has 4 heteroatoms. The standard InChI is InChI=1S/C15H24N2O2/c1-15(2,3)17-14(18)9-10-16-11-12-19-13-7-5-4-6-8-13/h4-8,16H,9-12H2,1-3H3,(H,17,18). The number of benzene rings is 1. The van der Waals surface area contributed by atoms with Crippen molar-refractivity contribution < 1.29 is 9.53 Å². The molecule has 19 heavy (non-hydrogen) atoms. The summed E-state index contributed by atoms with van der Waals surface area (Å²) in [6, 6.07) is 9.70. The second-order valence-electron chi connectivity index (χ2n) is 5.46. The van der Waals surface area contributed by atoms with Gasteiger partial charge in [-0.05, 0) is 32.9 Å². The average molecular weight is 264 g/mol. The lowest BCUT2D eigenvalue weighted by Gasteiger charge is -2.20. The van der Waals surface area contributed by atoms with Crippen LogP contribution in [0.1, 0.15) is 27.2 Å². The predicted octanol–water partition coefficient (Wildman–Crippen LogP) is 1.96. The van der Waals surface area contributed by atoms with Gasteiger partial charge in [0.2, 0.25) is 5.91 Å². The van der Waals surface area contributed by atoms with E-state index in [1.54, 1.807) is 0 Å². The van der Waals surface area contributed by atoms with Crippen molar-refractivity contribution >= 4 is 5.91 Å². The Morgan fingerprint density at radius 3 is 2.47 bits per heavy atom. The summed E-state index contributed by atoms with van der Waals surface area (Å²) in [7, 11) is 0. The first kappa shape index (κ1) is 15.5. The van der Waals surface area contributed by atoms with Crippen LogP contribution in [-0.2, 0) is 4.79 Å². The summed E-state index contributed by atoms with van der Waals surface area (Å²) in [6.07, 6.45) is 0.489. The zero-order valence-corrected chi connectivity index (χ0v) is 12.0. The molecule has 2 N–H and O–H groups in total. The van der Waals surface area contributed by atoms with Crippen molar-refractivity contribution in [2.45, 2.75) is 32.7 Å². The molecular formula is C15H24N2O2. The van der Waals surface area contributed by atoms with Crippen molar-refractivity contribution in [1.82, 2.24) is 10.6 Å². The van der Waals surface area contributed by atoms with Gasteiger partial charge in [0.15, 0.2) is 0 Å². The van der Waals surface area contributed by atoms with Gasteiger partial charge in [0.05, 0.1) is 0 Å². The molecule has 0 radical (unpaired) electrons. The van der Waals surface area contributed by atoms with Gasteiger partial charge in [-0.1, -0.05) is 18.2 Å². The largest absolute Gasteiger partial charge is 0.492 e.